The third-order valence-corrected chi connectivity index (χ3v) is 4.71. The van der Waals surface area contributed by atoms with E-state index in [2.05, 4.69) is 15.2 Å². The largest absolute Gasteiger partial charge is 0.573 e. The number of methoxy groups -OCH3 is 1. The topological polar surface area (TPSA) is 87.4 Å². The number of hydrogen-bond donors (Lipinski definition) is 1. The molecule has 0 radical (unpaired) electrons. The lowest BCUT2D eigenvalue weighted by atomic mass is 10.2. The van der Waals surface area contributed by atoms with Gasteiger partial charge in [0.25, 0.3) is 0 Å². The van der Waals surface area contributed by atoms with Gasteiger partial charge < -0.3 is 14.8 Å². The van der Waals surface area contributed by atoms with E-state index in [1.165, 1.54) is 23.8 Å². The van der Waals surface area contributed by atoms with E-state index < -0.39 is 23.7 Å². The predicted molar refractivity (Wildman–Crippen MR) is 114 cm³/mol. The van der Waals surface area contributed by atoms with Gasteiger partial charge in [0.1, 0.15) is 12.3 Å². The minimum Gasteiger partial charge on any atom is -0.406 e. The van der Waals surface area contributed by atoms with E-state index in [4.69, 9.17) is 16.3 Å². The molecule has 1 amide bonds. The lowest BCUT2D eigenvalue weighted by molar-refractivity contribution is -0.274. The van der Waals surface area contributed by atoms with Gasteiger partial charge in [-0.15, -0.1) is 18.3 Å². The molecule has 0 aliphatic heterocycles. The molecule has 0 saturated carbocycles. The van der Waals surface area contributed by atoms with Crippen molar-refractivity contribution >= 4 is 17.5 Å². The summed E-state index contributed by atoms with van der Waals surface area (Å²) in [6.07, 6.45) is -4.81. The van der Waals surface area contributed by atoms with E-state index in [0.717, 1.165) is 16.8 Å². The summed E-state index contributed by atoms with van der Waals surface area (Å²) in [5.74, 6) is -0.591. The number of alkyl halides is 3. The Kier molecular flexibility index (Phi) is 7.77. The zero-order valence-electron chi connectivity index (χ0n) is 17.4. The SMILES string of the molecule is COCCn1c(-c2ccc(Cl)cc2)nn(CC(=O)NCc2cccc(OC(F)(F)F)c2)c1=O. The molecular formula is C21H20ClF3N4O4. The number of ether oxygens (including phenoxy) is 2. The summed E-state index contributed by atoms with van der Waals surface area (Å²) in [5.41, 5.74) is 0.519. The second-order valence-electron chi connectivity index (χ2n) is 6.89. The van der Waals surface area contributed by atoms with Crippen LogP contribution in [-0.2, 0) is 29.2 Å². The minimum absolute atomic E-state index is 0.0585. The first-order valence-corrected chi connectivity index (χ1v) is 10.1. The fraction of sp³-hybridized carbons (Fsp3) is 0.286. The Hall–Kier alpha value is -3.31. The first-order valence-electron chi connectivity index (χ1n) is 9.70. The van der Waals surface area contributed by atoms with Gasteiger partial charge in [0.05, 0.1) is 13.2 Å². The maximum absolute atomic E-state index is 12.8. The molecule has 2 aromatic carbocycles. The molecule has 0 spiro atoms. The highest BCUT2D eigenvalue weighted by atomic mass is 35.5. The first-order chi connectivity index (χ1) is 15.7. The lowest BCUT2D eigenvalue weighted by Gasteiger charge is -2.10. The molecule has 0 fully saturated rings. The highest BCUT2D eigenvalue weighted by Crippen LogP contribution is 2.23. The van der Waals surface area contributed by atoms with Crippen LogP contribution >= 0.6 is 11.6 Å². The number of nitrogens with one attached hydrogen (secondary N) is 1. The van der Waals surface area contributed by atoms with Crippen molar-refractivity contribution in [1.29, 1.82) is 0 Å². The zero-order chi connectivity index (χ0) is 24.0. The molecule has 33 heavy (non-hydrogen) atoms. The Labute approximate surface area is 191 Å². The van der Waals surface area contributed by atoms with Crippen LogP contribution in [0, 0.1) is 0 Å². The summed E-state index contributed by atoms with van der Waals surface area (Å²) < 4.78 is 48.4. The summed E-state index contributed by atoms with van der Waals surface area (Å²) in [4.78, 5) is 25.2. The van der Waals surface area contributed by atoms with E-state index in [0.29, 0.717) is 22.0 Å². The van der Waals surface area contributed by atoms with E-state index in [9.17, 15) is 22.8 Å². The molecule has 3 rings (SSSR count). The summed E-state index contributed by atoms with van der Waals surface area (Å²) >= 11 is 5.92. The van der Waals surface area contributed by atoms with E-state index in [-0.39, 0.29) is 26.2 Å². The van der Waals surface area contributed by atoms with Crippen LogP contribution in [-0.4, -0.2) is 40.3 Å². The highest BCUT2D eigenvalue weighted by molar-refractivity contribution is 6.30. The van der Waals surface area contributed by atoms with Crippen LogP contribution in [0.2, 0.25) is 5.02 Å². The van der Waals surface area contributed by atoms with Crippen molar-refractivity contribution in [3.63, 3.8) is 0 Å². The van der Waals surface area contributed by atoms with Gasteiger partial charge >= 0.3 is 12.1 Å². The number of amides is 1. The van der Waals surface area contributed by atoms with Crippen LogP contribution in [0.1, 0.15) is 5.56 Å². The van der Waals surface area contributed by atoms with Crippen LogP contribution in [0.15, 0.2) is 53.3 Å². The quantitative estimate of drug-likeness (QED) is 0.504. The third-order valence-electron chi connectivity index (χ3n) is 4.46. The maximum Gasteiger partial charge on any atom is 0.573 e. The van der Waals surface area contributed by atoms with Crippen LogP contribution in [0.25, 0.3) is 11.4 Å². The van der Waals surface area contributed by atoms with Crippen molar-refractivity contribution < 1.29 is 27.4 Å². The smallest absolute Gasteiger partial charge is 0.406 e. The number of hydrogen-bond acceptors (Lipinski definition) is 5. The van der Waals surface area contributed by atoms with E-state index >= 15 is 0 Å². The monoisotopic (exact) mass is 484 g/mol. The summed E-state index contributed by atoms with van der Waals surface area (Å²) in [6, 6.07) is 12.0. The Morgan fingerprint density at radius 2 is 1.91 bits per heavy atom. The molecule has 1 heterocycles. The highest BCUT2D eigenvalue weighted by Gasteiger charge is 2.31. The average molecular weight is 485 g/mol. The summed E-state index contributed by atoms with van der Waals surface area (Å²) in [6.45, 7) is 0.0465. The van der Waals surface area contributed by atoms with Gasteiger partial charge in [-0.2, -0.15) is 0 Å². The van der Waals surface area contributed by atoms with Crippen molar-refractivity contribution in [2.24, 2.45) is 0 Å². The van der Waals surface area contributed by atoms with Crippen molar-refractivity contribution in [2.75, 3.05) is 13.7 Å². The molecule has 0 aliphatic rings. The van der Waals surface area contributed by atoms with E-state index in [1.807, 2.05) is 0 Å². The summed E-state index contributed by atoms with van der Waals surface area (Å²) in [5, 5.41) is 7.35. The molecule has 12 heteroatoms. The average Bonchev–Trinajstić information content (AvgIpc) is 3.05. The fourth-order valence-corrected chi connectivity index (χ4v) is 3.11. The van der Waals surface area contributed by atoms with Gasteiger partial charge in [0, 0.05) is 24.2 Å². The Morgan fingerprint density at radius 1 is 1.18 bits per heavy atom. The van der Waals surface area contributed by atoms with Gasteiger partial charge in [0.2, 0.25) is 5.91 Å². The number of halogens is 4. The van der Waals surface area contributed by atoms with Gasteiger partial charge in [-0.3, -0.25) is 9.36 Å². The van der Waals surface area contributed by atoms with Crippen LogP contribution in [0.3, 0.4) is 0 Å². The Balaban J connectivity index is 1.72. The molecule has 0 saturated heterocycles. The Bertz CT molecular complexity index is 1160. The fourth-order valence-electron chi connectivity index (χ4n) is 2.99. The number of aromatic nitrogens is 3. The third kappa shape index (κ3) is 6.83. The zero-order valence-corrected chi connectivity index (χ0v) is 18.2. The molecule has 1 N–H and O–H groups in total. The number of nitrogens with zero attached hydrogens (tertiary/aromatic N) is 3. The van der Waals surface area contributed by atoms with Gasteiger partial charge in [-0.25, -0.2) is 9.48 Å². The number of benzene rings is 2. The molecule has 0 unspecified atom stereocenters. The predicted octanol–water partition coefficient (Wildman–Crippen LogP) is 3.23. The normalized spacial score (nSPS) is 11.4. The standard InChI is InChI=1S/C21H20ClF3N4O4/c1-32-10-9-28-19(15-5-7-16(22)8-6-15)27-29(20(28)31)13-18(30)26-12-14-3-2-4-17(11-14)33-21(23,24)25/h2-8,11H,9-10,12-13H2,1H3,(H,26,30). The van der Waals surface area contributed by atoms with Gasteiger partial charge in [-0.05, 0) is 42.0 Å². The number of rotatable bonds is 9. The van der Waals surface area contributed by atoms with Crippen molar-refractivity contribution in [3.8, 4) is 17.1 Å². The molecule has 0 atom stereocenters. The molecular weight excluding hydrogens is 465 g/mol. The molecule has 1 aromatic heterocycles. The van der Waals surface area contributed by atoms with Crippen LogP contribution in [0.4, 0.5) is 13.2 Å². The van der Waals surface area contributed by atoms with Crippen molar-refractivity contribution in [1.82, 2.24) is 19.7 Å². The van der Waals surface area contributed by atoms with E-state index in [1.54, 1.807) is 24.3 Å². The molecule has 8 nitrogen and oxygen atoms in total. The van der Waals surface area contributed by atoms with Crippen LogP contribution < -0.4 is 15.7 Å². The molecule has 0 aliphatic carbocycles. The lowest BCUT2D eigenvalue weighted by Crippen LogP contribution is -2.33. The second-order valence-corrected chi connectivity index (χ2v) is 7.32. The van der Waals surface area contributed by atoms with Gasteiger partial charge in [-0.1, -0.05) is 23.7 Å². The molecule has 0 bridgehead atoms. The molecule has 3 aromatic rings. The Morgan fingerprint density at radius 3 is 2.58 bits per heavy atom. The minimum atomic E-state index is -4.81. The number of carbonyl (C=O) groups excluding carboxylic acids is 1. The van der Waals surface area contributed by atoms with Crippen molar-refractivity contribution in [2.45, 2.75) is 26.0 Å². The second kappa shape index (κ2) is 10.5. The first kappa shape index (κ1) is 24.3. The summed E-state index contributed by atoms with van der Waals surface area (Å²) in [7, 11) is 1.50. The van der Waals surface area contributed by atoms with Crippen LogP contribution in [0.5, 0.6) is 5.75 Å². The molecule has 176 valence electrons. The van der Waals surface area contributed by atoms with Crippen molar-refractivity contribution in [3.05, 3.63) is 69.6 Å². The maximum atomic E-state index is 12.8. The number of carbonyl (C=O) groups is 1. The van der Waals surface area contributed by atoms with Gasteiger partial charge in [0.15, 0.2) is 5.82 Å².